The van der Waals surface area contributed by atoms with Crippen molar-refractivity contribution in [2.24, 2.45) is 5.73 Å². The van der Waals surface area contributed by atoms with E-state index >= 15 is 0 Å². The van der Waals surface area contributed by atoms with Gasteiger partial charge in [0.25, 0.3) is 0 Å². The summed E-state index contributed by atoms with van der Waals surface area (Å²) in [5.74, 6) is -1.43. The van der Waals surface area contributed by atoms with Gasteiger partial charge in [-0.1, -0.05) is 11.6 Å². The molecule has 0 heterocycles. The fraction of sp³-hybridized carbons (Fsp3) is 0.750. The molecule has 0 radical (unpaired) electrons. The molecule has 0 saturated heterocycles. The van der Waals surface area contributed by atoms with Gasteiger partial charge in [0.15, 0.2) is 0 Å². The number of carboxylic acids is 1. The van der Waals surface area contributed by atoms with E-state index in [1.807, 2.05) is 0 Å². The predicted octanol–water partition coefficient (Wildman–Crippen LogP) is -0.654. The molecule has 2 atom stereocenters. The first-order valence-electron chi connectivity index (χ1n) is 2.28. The molecule has 0 unspecified atom stereocenters. The average Bonchev–Trinajstić information content (AvgIpc) is 1.65. The lowest BCUT2D eigenvalue weighted by Gasteiger charge is -2.18. The lowest BCUT2D eigenvalue weighted by molar-refractivity contribution is -0.143. The second-order valence-electron chi connectivity index (χ2n) is 1.75. The van der Waals surface area contributed by atoms with Crippen LogP contribution >= 0.6 is 11.6 Å². The van der Waals surface area contributed by atoms with Gasteiger partial charge in [0.05, 0.1) is 6.10 Å². The van der Waals surface area contributed by atoms with Gasteiger partial charge in [0, 0.05) is 0 Å². The van der Waals surface area contributed by atoms with Gasteiger partial charge < -0.3 is 15.9 Å². The van der Waals surface area contributed by atoms with Crippen LogP contribution in [0.2, 0.25) is 0 Å². The van der Waals surface area contributed by atoms with Crippen LogP contribution in [0.15, 0.2) is 0 Å². The lowest BCUT2D eigenvalue weighted by Crippen LogP contribution is -2.51. The number of rotatable bonds is 2. The van der Waals surface area contributed by atoms with E-state index in [-0.39, 0.29) is 0 Å². The van der Waals surface area contributed by atoms with Crippen LogP contribution in [0.4, 0.5) is 0 Å². The second-order valence-corrected chi connectivity index (χ2v) is 2.37. The van der Waals surface area contributed by atoms with Crippen molar-refractivity contribution in [1.82, 2.24) is 0 Å². The van der Waals surface area contributed by atoms with E-state index in [0.29, 0.717) is 0 Å². The smallest absolute Gasteiger partial charge is 0.342 e. The molecule has 9 heavy (non-hydrogen) atoms. The van der Waals surface area contributed by atoms with Crippen LogP contribution < -0.4 is 5.73 Å². The minimum Gasteiger partial charge on any atom is -0.479 e. The highest BCUT2D eigenvalue weighted by atomic mass is 35.5. The first kappa shape index (κ1) is 8.68. The third-order valence-corrected chi connectivity index (χ3v) is 1.41. The first-order chi connectivity index (χ1) is 3.89. The Labute approximate surface area is 57.2 Å². The van der Waals surface area contributed by atoms with Crippen molar-refractivity contribution >= 4 is 17.6 Å². The second kappa shape index (κ2) is 2.51. The minimum atomic E-state index is -2.06. The van der Waals surface area contributed by atoms with Gasteiger partial charge in [-0.3, -0.25) is 0 Å². The highest BCUT2D eigenvalue weighted by molar-refractivity contribution is 6.33. The molecule has 0 spiro atoms. The maximum Gasteiger partial charge on any atom is 0.342 e. The Balaban J connectivity index is 4.19. The molecule has 0 aromatic carbocycles. The summed E-state index contributed by atoms with van der Waals surface area (Å²) in [6, 6.07) is 0. The number of carboxylic acid groups (broad SMARTS) is 1. The molecule has 0 saturated carbocycles. The molecule has 4 N–H and O–H groups in total. The number of halogens is 1. The molecule has 0 aromatic heterocycles. The van der Waals surface area contributed by atoms with Gasteiger partial charge in [0.1, 0.15) is 0 Å². The van der Waals surface area contributed by atoms with E-state index in [1.165, 1.54) is 6.92 Å². The van der Waals surface area contributed by atoms with Crippen LogP contribution in [-0.2, 0) is 4.79 Å². The van der Waals surface area contributed by atoms with Crippen LogP contribution in [0.25, 0.3) is 0 Å². The molecule has 0 aliphatic rings. The Kier molecular flexibility index (Phi) is 2.42. The molecule has 0 amide bonds. The molecule has 0 fully saturated rings. The average molecular weight is 154 g/mol. The van der Waals surface area contributed by atoms with Gasteiger partial charge in [-0.25, -0.2) is 4.79 Å². The third-order valence-electron chi connectivity index (χ3n) is 0.936. The van der Waals surface area contributed by atoms with Crippen molar-refractivity contribution < 1.29 is 15.0 Å². The Morgan fingerprint density at radius 3 is 2.22 bits per heavy atom. The number of aliphatic carboxylic acids is 1. The van der Waals surface area contributed by atoms with E-state index < -0.39 is 17.1 Å². The quantitative estimate of drug-likeness (QED) is 0.364. The van der Waals surface area contributed by atoms with Gasteiger partial charge in [-0.2, -0.15) is 0 Å². The predicted molar refractivity (Wildman–Crippen MR) is 32.1 cm³/mol. The summed E-state index contributed by atoms with van der Waals surface area (Å²) >= 11 is 5.13. The van der Waals surface area contributed by atoms with Gasteiger partial charge in [-0.05, 0) is 6.92 Å². The zero-order valence-electron chi connectivity index (χ0n) is 4.84. The first-order valence-corrected chi connectivity index (χ1v) is 2.66. The van der Waals surface area contributed by atoms with Crippen LogP contribution in [0, 0.1) is 0 Å². The molecule has 0 rings (SSSR count). The maximum absolute atomic E-state index is 10.0. The van der Waals surface area contributed by atoms with E-state index in [9.17, 15) is 4.79 Å². The molecule has 0 bridgehead atoms. The van der Waals surface area contributed by atoms with Gasteiger partial charge in [0.2, 0.25) is 5.00 Å². The minimum absolute atomic E-state index is 1.21. The Morgan fingerprint density at radius 1 is 1.89 bits per heavy atom. The molecule has 0 aromatic rings. The number of aliphatic hydroxyl groups excluding tert-OH is 1. The van der Waals surface area contributed by atoms with E-state index in [0.717, 1.165) is 0 Å². The highest BCUT2D eigenvalue weighted by Crippen LogP contribution is 2.11. The Hall–Kier alpha value is -0.320. The SMILES string of the molecule is C[C@@H](O)[C@@](N)(Cl)C(=O)O. The molecule has 0 aliphatic heterocycles. The molecule has 5 heteroatoms. The van der Waals surface area contributed by atoms with Crippen LogP contribution in [0.5, 0.6) is 0 Å². The number of hydrogen-bond acceptors (Lipinski definition) is 3. The van der Waals surface area contributed by atoms with Crippen molar-refractivity contribution in [3.8, 4) is 0 Å². The molecule has 0 aliphatic carbocycles. The number of carbonyl (C=O) groups is 1. The fourth-order valence-corrected chi connectivity index (χ4v) is 0.179. The number of nitrogens with two attached hydrogens (primary N) is 1. The fourth-order valence-electron chi connectivity index (χ4n) is 0.179. The Morgan fingerprint density at radius 2 is 2.22 bits per heavy atom. The van der Waals surface area contributed by atoms with Crippen molar-refractivity contribution in [1.29, 1.82) is 0 Å². The van der Waals surface area contributed by atoms with Gasteiger partial charge >= 0.3 is 5.97 Å². The summed E-state index contributed by atoms with van der Waals surface area (Å²) in [5, 5.41) is 16.8. The Bertz CT molecular complexity index is 123. The topological polar surface area (TPSA) is 83.5 Å². The summed E-state index contributed by atoms with van der Waals surface area (Å²) in [5.41, 5.74) is 4.92. The van der Waals surface area contributed by atoms with Crippen LogP contribution in [0.3, 0.4) is 0 Å². The zero-order chi connectivity index (χ0) is 7.65. The normalized spacial score (nSPS) is 20.4. The standard InChI is InChI=1S/C4H8ClNO3/c1-2(7)4(5,6)3(8)9/h2,7H,6H2,1H3,(H,8,9)/t2-,4+/m1/s1. The summed E-state index contributed by atoms with van der Waals surface area (Å²) < 4.78 is 0. The summed E-state index contributed by atoms with van der Waals surface area (Å²) in [6.07, 6.45) is -1.27. The van der Waals surface area contributed by atoms with E-state index in [4.69, 9.17) is 27.5 Å². The largest absolute Gasteiger partial charge is 0.479 e. The maximum atomic E-state index is 10.0. The van der Waals surface area contributed by atoms with Crippen molar-refractivity contribution in [3.63, 3.8) is 0 Å². The molecular weight excluding hydrogens is 146 g/mol. The van der Waals surface area contributed by atoms with Gasteiger partial charge in [-0.15, -0.1) is 0 Å². The monoisotopic (exact) mass is 153 g/mol. The zero-order valence-corrected chi connectivity index (χ0v) is 5.59. The molecule has 4 nitrogen and oxygen atoms in total. The van der Waals surface area contributed by atoms with Crippen molar-refractivity contribution in [2.75, 3.05) is 0 Å². The van der Waals surface area contributed by atoms with Crippen molar-refractivity contribution in [3.05, 3.63) is 0 Å². The number of aliphatic hydroxyl groups is 1. The summed E-state index contributed by atoms with van der Waals surface area (Å²) in [7, 11) is 0. The summed E-state index contributed by atoms with van der Waals surface area (Å²) in [6.45, 7) is 1.21. The van der Waals surface area contributed by atoms with Crippen molar-refractivity contribution in [2.45, 2.75) is 18.0 Å². The summed E-state index contributed by atoms with van der Waals surface area (Å²) in [4.78, 5) is 7.99. The molecule has 54 valence electrons. The molecular formula is C4H8ClNO3. The van der Waals surface area contributed by atoms with Crippen LogP contribution in [0.1, 0.15) is 6.92 Å². The highest BCUT2D eigenvalue weighted by Gasteiger charge is 2.36. The third kappa shape index (κ3) is 1.82. The number of hydrogen-bond donors (Lipinski definition) is 3. The number of alkyl halides is 1. The van der Waals surface area contributed by atoms with Crippen LogP contribution in [-0.4, -0.2) is 27.3 Å². The van der Waals surface area contributed by atoms with E-state index in [2.05, 4.69) is 0 Å². The lowest BCUT2D eigenvalue weighted by atomic mass is 10.2. The van der Waals surface area contributed by atoms with E-state index in [1.54, 1.807) is 0 Å².